The Morgan fingerprint density at radius 3 is 3.00 bits per heavy atom. The van der Waals surface area contributed by atoms with Crippen molar-refractivity contribution in [2.24, 2.45) is 4.99 Å². The van der Waals surface area contributed by atoms with E-state index in [1.54, 1.807) is 6.08 Å². The van der Waals surface area contributed by atoms with Crippen LogP contribution in [0.1, 0.15) is 0 Å². The normalized spacial score (nSPS) is 16.4. The predicted octanol–water partition coefficient (Wildman–Crippen LogP) is 1.24. The maximum absolute atomic E-state index is 3.81. The molecular weight excluding hydrogens is 124 g/mol. The van der Waals surface area contributed by atoms with Gasteiger partial charge in [-0.1, -0.05) is 18.7 Å². The number of nitrogens with zero attached hydrogens (tertiary/aromatic N) is 1. The second-order valence-electron chi connectivity index (χ2n) is 1.96. The van der Waals surface area contributed by atoms with E-state index in [1.165, 1.54) is 0 Å². The number of rotatable bonds is 2. The molecule has 0 aromatic rings. The fraction of sp³-hybridized carbons (Fsp3) is 0.125. The highest BCUT2D eigenvalue weighted by atomic mass is 14.9. The molecule has 0 aromatic heterocycles. The first-order chi connectivity index (χ1) is 4.88. The van der Waals surface area contributed by atoms with Crippen LogP contribution in [0.2, 0.25) is 0 Å². The van der Waals surface area contributed by atoms with Gasteiger partial charge in [-0.15, -0.1) is 0 Å². The lowest BCUT2D eigenvalue weighted by Gasteiger charge is -2.08. The third-order valence-electron chi connectivity index (χ3n) is 1.36. The quantitative estimate of drug-likeness (QED) is 0.564. The Morgan fingerprint density at radius 2 is 2.50 bits per heavy atom. The maximum atomic E-state index is 3.81. The molecule has 0 saturated heterocycles. The van der Waals surface area contributed by atoms with Crippen molar-refractivity contribution in [2.45, 2.75) is 0 Å². The lowest BCUT2D eigenvalue weighted by atomic mass is 10.1. The lowest BCUT2D eigenvalue weighted by molar-refractivity contribution is 0.939. The second kappa shape index (κ2) is 3.01. The molecule has 0 bridgehead atoms. The smallest absolute Gasteiger partial charge is 0.0848 e. The number of nitrogens with one attached hydrogen (secondary N) is 1. The zero-order chi connectivity index (χ0) is 7.40. The van der Waals surface area contributed by atoms with Crippen molar-refractivity contribution in [1.29, 1.82) is 0 Å². The van der Waals surface area contributed by atoms with E-state index < -0.39 is 0 Å². The Balaban J connectivity index is 2.86. The van der Waals surface area contributed by atoms with E-state index in [0.717, 1.165) is 17.8 Å². The zero-order valence-electron chi connectivity index (χ0n) is 5.80. The van der Waals surface area contributed by atoms with Gasteiger partial charge in [0.15, 0.2) is 0 Å². The van der Waals surface area contributed by atoms with Gasteiger partial charge in [-0.25, -0.2) is 0 Å². The minimum Gasteiger partial charge on any atom is -0.386 e. The van der Waals surface area contributed by atoms with E-state index >= 15 is 0 Å². The van der Waals surface area contributed by atoms with E-state index in [2.05, 4.69) is 23.6 Å². The highest BCUT2D eigenvalue weighted by molar-refractivity contribution is 5.44. The molecule has 0 atom stereocenters. The zero-order valence-corrected chi connectivity index (χ0v) is 5.80. The Bertz CT molecular complexity index is 187. The Kier molecular flexibility index (Phi) is 2.05. The van der Waals surface area contributed by atoms with Gasteiger partial charge in [-0.05, 0) is 12.3 Å². The van der Waals surface area contributed by atoms with Crippen LogP contribution < -0.4 is 5.32 Å². The molecule has 0 spiro atoms. The molecule has 0 aliphatic carbocycles. The summed E-state index contributed by atoms with van der Waals surface area (Å²) in [6.45, 7) is 7.94. The first-order valence-corrected chi connectivity index (χ1v) is 3.11. The van der Waals surface area contributed by atoms with Crippen LogP contribution >= 0.6 is 0 Å². The SMILES string of the molecule is C=CC1=CCNC=C1N=C. The summed E-state index contributed by atoms with van der Waals surface area (Å²) in [6.07, 6.45) is 5.64. The maximum Gasteiger partial charge on any atom is 0.0848 e. The largest absolute Gasteiger partial charge is 0.386 e. The average molecular weight is 134 g/mol. The number of allylic oxidation sites excluding steroid dienone is 1. The molecule has 1 rings (SSSR count). The molecular formula is C8H10N2. The third-order valence-corrected chi connectivity index (χ3v) is 1.36. The molecule has 0 radical (unpaired) electrons. The van der Waals surface area contributed by atoms with Crippen LogP contribution in [0.25, 0.3) is 0 Å². The first kappa shape index (κ1) is 6.81. The first-order valence-electron chi connectivity index (χ1n) is 3.11. The van der Waals surface area contributed by atoms with Gasteiger partial charge in [0.25, 0.3) is 0 Å². The lowest BCUT2D eigenvalue weighted by Crippen LogP contribution is -2.11. The topological polar surface area (TPSA) is 24.4 Å². The summed E-state index contributed by atoms with van der Waals surface area (Å²) in [4.78, 5) is 3.81. The number of aliphatic imine (C=N–C) groups is 1. The minimum absolute atomic E-state index is 0.848. The van der Waals surface area contributed by atoms with Crippen LogP contribution in [-0.4, -0.2) is 13.3 Å². The van der Waals surface area contributed by atoms with Gasteiger partial charge >= 0.3 is 0 Å². The molecule has 10 heavy (non-hydrogen) atoms. The third kappa shape index (κ3) is 1.16. The summed E-state index contributed by atoms with van der Waals surface area (Å²) in [7, 11) is 0. The van der Waals surface area contributed by atoms with Gasteiger partial charge in [0.1, 0.15) is 0 Å². The second-order valence-corrected chi connectivity index (χ2v) is 1.96. The molecule has 2 heteroatoms. The van der Waals surface area contributed by atoms with E-state index in [9.17, 15) is 0 Å². The molecule has 1 aliphatic heterocycles. The van der Waals surface area contributed by atoms with E-state index in [0.29, 0.717) is 0 Å². The molecule has 0 unspecified atom stereocenters. The molecule has 1 aliphatic rings. The van der Waals surface area contributed by atoms with Crippen molar-refractivity contribution in [3.63, 3.8) is 0 Å². The van der Waals surface area contributed by atoms with E-state index in [4.69, 9.17) is 0 Å². The van der Waals surface area contributed by atoms with Gasteiger partial charge in [-0.2, -0.15) is 0 Å². The molecule has 0 aromatic carbocycles. The van der Waals surface area contributed by atoms with Crippen molar-refractivity contribution >= 4 is 6.72 Å². The summed E-state index contributed by atoms with van der Waals surface area (Å²) >= 11 is 0. The number of dihydropyridines is 1. The molecule has 52 valence electrons. The van der Waals surface area contributed by atoms with Crippen LogP contribution in [0.3, 0.4) is 0 Å². The molecule has 0 saturated carbocycles. The predicted molar refractivity (Wildman–Crippen MR) is 43.9 cm³/mol. The molecule has 1 N–H and O–H groups in total. The monoisotopic (exact) mass is 134 g/mol. The van der Waals surface area contributed by atoms with Gasteiger partial charge < -0.3 is 5.32 Å². The summed E-state index contributed by atoms with van der Waals surface area (Å²) in [5, 5.41) is 3.03. The van der Waals surface area contributed by atoms with Crippen LogP contribution in [0.5, 0.6) is 0 Å². The van der Waals surface area contributed by atoms with Crippen LogP contribution in [0.15, 0.2) is 41.2 Å². The van der Waals surface area contributed by atoms with Gasteiger partial charge in [-0.3, -0.25) is 4.99 Å². The molecule has 0 amide bonds. The average Bonchev–Trinajstić information content (AvgIpc) is 2.04. The van der Waals surface area contributed by atoms with Crippen molar-refractivity contribution in [3.8, 4) is 0 Å². The van der Waals surface area contributed by atoms with Crippen molar-refractivity contribution in [3.05, 3.63) is 36.2 Å². The van der Waals surface area contributed by atoms with Gasteiger partial charge in [0, 0.05) is 12.7 Å². The highest BCUT2D eigenvalue weighted by Crippen LogP contribution is 2.12. The Morgan fingerprint density at radius 1 is 1.70 bits per heavy atom. The van der Waals surface area contributed by atoms with Crippen LogP contribution in [0, 0.1) is 0 Å². The molecule has 1 heterocycles. The highest BCUT2D eigenvalue weighted by Gasteiger charge is 2.00. The van der Waals surface area contributed by atoms with Crippen molar-refractivity contribution < 1.29 is 0 Å². The Labute approximate surface area is 60.7 Å². The van der Waals surface area contributed by atoms with E-state index in [-0.39, 0.29) is 0 Å². The van der Waals surface area contributed by atoms with Crippen LogP contribution in [-0.2, 0) is 0 Å². The standard InChI is InChI=1S/C8H10N2/c1-3-7-4-5-10-6-8(7)9-2/h3-4,6,10H,1-2,5H2. The summed E-state index contributed by atoms with van der Waals surface area (Å²) in [5.74, 6) is 0. The Hall–Kier alpha value is -1.31. The number of hydrogen-bond acceptors (Lipinski definition) is 2. The van der Waals surface area contributed by atoms with Gasteiger partial charge in [0.2, 0.25) is 0 Å². The van der Waals surface area contributed by atoms with Crippen LogP contribution in [0.4, 0.5) is 0 Å². The van der Waals surface area contributed by atoms with Crippen molar-refractivity contribution in [2.75, 3.05) is 6.54 Å². The number of hydrogen-bond donors (Lipinski definition) is 1. The summed E-state index contributed by atoms with van der Waals surface area (Å²) in [5.41, 5.74) is 1.91. The van der Waals surface area contributed by atoms with Crippen molar-refractivity contribution in [1.82, 2.24) is 5.32 Å². The summed E-state index contributed by atoms with van der Waals surface area (Å²) in [6, 6.07) is 0. The minimum atomic E-state index is 0.848. The molecule has 0 fully saturated rings. The fourth-order valence-corrected chi connectivity index (χ4v) is 0.837. The van der Waals surface area contributed by atoms with Gasteiger partial charge in [0.05, 0.1) is 5.70 Å². The fourth-order valence-electron chi connectivity index (χ4n) is 0.837. The summed E-state index contributed by atoms with van der Waals surface area (Å²) < 4.78 is 0. The van der Waals surface area contributed by atoms with E-state index in [1.807, 2.05) is 12.3 Å². The molecule has 2 nitrogen and oxygen atoms in total.